The van der Waals surface area contributed by atoms with Crippen molar-refractivity contribution in [3.63, 3.8) is 0 Å². The predicted octanol–water partition coefficient (Wildman–Crippen LogP) is 12.5. The van der Waals surface area contributed by atoms with Gasteiger partial charge in [0.2, 0.25) is 0 Å². The van der Waals surface area contributed by atoms with E-state index in [1.807, 2.05) is 84.6 Å². The van der Waals surface area contributed by atoms with Gasteiger partial charge < -0.3 is 4.57 Å². The molecular weight excluding hydrogens is 765 g/mol. The highest BCUT2D eigenvalue weighted by Crippen LogP contribution is 2.64. The third-order valence-electron chi connectivity index (χ3n) is 12.2. The van der Waals surface area contributed by atoms with Crippen LogP contribution in [0.4, 0.5) is 0 Å². The first-order valence-electron chi connectivity index (χ1n) is 20.1. The molecule has 0 saturated carbocycles. The third kappa shape index (κ3) is 4.99. The number of rotatable bonds is 4. The van der Waals surface area contributed by atoms with Crippen molar-refractivity contribution >= 4 is 33.6 Å². The van der Waals surface area contributed by atoms with Gasteiger partial charge in [-0.25, -0.2) is 15.0 Å². The summed E-state index contributed by atoms with van der Waals surface area (Å²) in [6.45, 7) is 0. The van der Waals surface area contributed by atoms with Crippen LogP contribution >= 0.6 is 11.8 Å². The topological polar surface area (TPSA) is 91.2 Å². The molecule has 2 aliphatic rings. The molecule has 0 bridgehead atoms. The van der Waals surface area contributed by atoms with Gasteiger partial charge in [-0.2, -0.15) is 10.5 Å². The van der Waals surface area contributed by atoms with Crippen LogP contribution in [0.1, 0.15) is 33.4 Å². The highest BCUT2D eigenvalue weighted by molar-refractivity contribution is 7.99. The monoisotopic (exact) mass is 794 g/mol. The van der Waals surface area contributed by atoms with E-state index in [4.69, 9.17) is 15.0 Å². The molecule has 12 rings (SSSR count). The second-order valence-corrected chi connectivity index (χ2v) is 16.4. The van der Waals surface area contributed by atoms with Gasteiger partial charge in [0.05, 0.1) is 33.1 Å². The van der Waals surface area contributed by atoms with Crippen LogP contribution in [0.15, 0.2) is 192 Å². The van der Waals surface area contributed by atoms with Crippen LogP contribution < -0.4 is 0 Å². The number of benzene rings is 8. The van der Waals surface area contributed by atoms with Crippen molar-refractivity contribution < 1.29 is 0 Å². The Morgan fingerprint density at radius 3 is 1.62 bits per heavy atom. The van der Waals surface area contributed by atoms with Gasteiger partial charge in [0.15, 0.2) is 17.5 Å². The van der Waals surface area contributed by atoms with Crippen molar-refractivity contribution in [2.45, 2.75) is 15.2 Å². The molecule has 0 unspecified atom stereocenters. The zero-order chi connectivity index (χ0) is 40.7. The normalized spacial score (nSPS) is 13.0. The summed E-state index contributed by atoms with van der Waals surface area (Å²) in [5, 5.41) is 24.1. The number of hydrogen-bond acceptors (Lipinski definition) is 6. The van der Waals surface area contributed by atoms with Crippen LogP contribution in [0.5, 0.6) is 0 Å². The lowest BCUT2D eigenvalue weighted by molar-refractivity contribution is 0.728. The molecule has 1 spiro atoms. The minimum Gasteiger partial charge on any atom is -0.309 e. The van der Waals surface area contributed by atoms with E-state index in [9.17, 15) is 10.5 Å². The lowest BCUT2D eigenvalue weighted by Gasteiger charge is -2.40. The number of hydrogen-bond donors (Lipinski definition) is 0. The molecule has 61 heavy (non-hydrogen) atoms. The van der Waals surface area contributed by atoms with Crippen molar-refractivity contribution in [1.29, 1.82) is 10.5 Å². The van der Waals surface area contributed by atoms with E-state index >= 15 is 0 Å². The van der Waals surface area contributed by atoms with Crippen molar-refractivity contribution in [3.8, 4) is 63.1 Å². The molecule has 0 amide bonds. The Kier molecular flexibility index (Phi) is 7.71. The SMILES string of the molecule is N#Cc1cc(-n2c3ccccc3c3c4c(ccc32)-c2ccccc2C42c3ccccc3Sc3ccccc32)cc(C#N)c1-c1nc(-c2ccccc2)nc(-c2ccccc2)n1. The first kappa shape index (κ1) is 34.9. The summed E-state index contributed by atoms with van der Waals surface area (Å²) >= 11 is 1.83. The van der Waals surface area contributed by atoms with Gasteiger partial charge in [-0.3, -0.25) is 0 Å². The Bertz CT molecular complexity index is 3400. The maximum absolute atomic E-state index is 11.0. The lowest BCUT2D eigenvalue weighted by Crippen LogP contribution is -2.32. The minimum atomic E-state index is -0.593. The molecule has 3 heterocycles. The van der Waals surface area contributed by atoms with Crippen molar-refractivity contribution in [1.82, 2.24) is 19.5 Å². The lowest BCUT2D eigenvalue weighted by atomic mass is 9.66. The average molecular weight is 795 g/mol. The van der Waals surface area contributed by atoms with Gasteiger partial charge in [0.1, 0.15) is 12.1 Å². The molecule has 2 aromatic heterocycles. The highest BCUT2D eigenvalue weighted by Gasteiger charge is 2.51. The number of aromatic nitrogens is 4. The predicted molar refractivity (Wildman–Crippen MR) is 241 cm³/mol. The smallest absolute Gasteiger partial charge is 0.166 e. The van der Waals surface area contributed by atoms with Crippen LogP contribution in [-0.2, 0) is 5.41 Å². The molecule has 0 radical (unpaired) electrons. The fraction of sp³-hybridized carbons (Fsp3) is 0.0185. The molecule has 1 aliphatic carbocycles. The zero-order valence-corrected chi connectivity index (χ0v) is 33.2. The van der Waals surface area contributed by atoms with E-state index in [1.165, 1.54) is 43.2 Å². The molecule has 10 aromatic rings. The first-order valence-corrected chi connectivity index (χ1v) is 20.9. The van der Waals surface area contributed by atoms with E-state index in [-0.39, 0.29) is 5.82 Å². The van der Waals surface area contributed by atoms with Crippen LogP contribution in [0.2, 0.25) is 0 Å². The molecule has 6 nitrogen and oxygen atoms in total. The largest absolute Gasteiger partial charge is 0.309 e. The number of nitrogens with zero attached hydrogens (tertiary/aromatic N) is 6. The standard InChI is InChI=1S/C54H30N6S/c55-31-35-29-37(30-36(32-56)48(35)53-58-51(33-15-3-1-4-16-33)57-52(59-53)34-17-5-2-6-18-34)60-44-24-12-8-20-40(44)49-45(60)28-27-39-38-19-7-9-21-41(38)54(50(39)49)42-22-10-13-25-46(42)61-47-26-14-11-23-43(47)54/h1-30H. The molecule has 0 saturated heterocycles. The second-order valence-electron chi connectivity index (χ2n) is 15.3. The Morgan fingerprint density at radius 2 is 1.00 bits per heavy atom. The van der Waals surface area contributed by atoms with E-state index in [0.29, 0.717) is 34.0 Å². The maximum Gasteiger partial charge on any atom is 0.166 e. The number of fused-ring (bicyclic) bond motifs is 13. The van der Waals surface area contributed by atoms with Crippen LogP contribution in [0.3, 0.4) is 0 Å². The summed E-state index contributed by atoms with van der Waals surface area (Å²) < 4.78 is 2.21. The molecule has 8 aromatic carbocycles. The Balaban J connectivity index is 1.14. The van der Waals surface area contributed by atoms with Gasteiger partial charge >= 0.3 is 0 Å². The molecule has 1 aliphatic heterocycles. The molecule has 7 heteroatoms. The summed E-state index contributed by atoms with van der Waals surface area (Å²) in [5.74, 6) is 1.17. The third-order valence-corrected chi connectivity index (χ3v) is 13.3. The van der Waals surface area contributed by atoms with Crippen LogP contribution in [0, 0.1) is 22.7 Å². The summed E-state index contributed by atoms with van der Waals surface area (Å²) in [6, 6.07) is 67.5. The zero-order valence-electron chi connectivity index (χ0n) is 32.4. The Hall–Kier alpha value is -8.10. The molecule has 0 atom stereocenters. The maximum atomic E-state index is 11.0. The van der Waals surface area contributed by atoms with Crippen LogP contribution in [0.25, 0.3) is 72.8 Å². The molecular formula is C54H30N6S. The molecule has 282 valence electrons. The highest BCUT2D eigenvalue weighted by atomic mass is 32.2. The van der Waals surface area contributed by atoms with Gasteiger partial charge in [0.25, 0.3) is 0 Å². The van der Waals surface area contributed by atoms with Gasteiger partial charge in [-0.15, -0.1) is 0 Å². The van der Waals surface area contributed by atoms with Gasteiger partial charge in [-0.05, 0) is 69.8 Å². The number of nitriles is 2. The Morgan fingerprint density at radius 1 is 0.475 bits per heavy atom. The number of para-hydroxylation sites is 1. The van der Waals surface area contributed by atoms with Crippen molar-refractivity contribution in [3.05, 3.63) is 215 Å². The van der Waals surface area contributed by atoms with Gasteiger partial charge in [0, 0.05) is 37.4 Å². The summed E-state index contributed by atoms with van der Waals surface area (Å²) in [6.07, 6.45) is 0. The summed E-state index contributed by atoms with van der Waals surface area (Å²) in [5.41, 5.74) is 12.1. The quantitative estimate of drug-likeness (QED) is 0.176. The van der Waals surface area contributed by atoms with E-state index in [2.05, 4.69) is 126 Å². The van der Waals surface area contributed by atoms with Crippen LogP contribution in [-0.4, -0.2) is 19.5 Å². The van der Waals surface area contributed by atoms with E-state index in [1.54, 1.807) is 0 Å². The fourth-order valence-electron chi connectivity index (χ4n) is 9.78. The Labute approximate surface area is 355 Å². The molecule has 0 N–H and O–H groups in total. The summed E-state index contributed by atoms with van der Waals surface area (Å²) in [4.78, 5) is 17.2. The minimum absolute atomic E-state index is 0.264. The second kappa shape index (κ2) is 13.5. The van der Waals surface area contributed by atoms with Crippen molar-refractivity contribution in [2.24, 2.45) is 0 Å². The molecule has 0 fully saturated rings. The van der Waals surface area contributed by atoms with Crippen molar-refractivity contribution in [2.75, 3.05) is 0 Å². The van der Waals surface area contributed by atoms with E-state index in [0.717, 1.165) is 32.9 Å². The summed E-state index contributed by atoms with van der Waals surface area (Å²) in [7, 11) is 0. The van der Waals surface area contributed by atoms with E-state index < -0.39 is 5.41 Å². The fourth-order valence-corrected chi connectivity index (χ4v) is 11.0. The average Bonchev–Trinajstić information content (AvgIpc) is 3.82. The van der Waals surface area contributed by atoms with Gasteiger partial charge in [-0.1, -0.05) is 157 Å². The first-order chi connectivity index (χ1) is 30.2.